The third-order valence-electron chi connectivity index (χ3n) is 3.05. The number of nitro groups is 1. The molecule has 1 heterocycles. The molecule has 0 N–H and O–H groups in total. The van der Waals surface area contributed by atoms with E-state index in [2.05, 4.69) is 4.98 Å². The van der Waals surface area contributed by atoms with Gasteiger partial charge in [0.15, 0.2) is 0 Å². The molecule has 2 aromatic rings. The van der Waals surface area contributed by atoms with Crippen LogP contribution in [-0.2, 0) is 6.42 Å². The monoisotopic (exact) mass is 311 g/mol. The van der Waals surface area contributed by atoms with Crippen molar-refractivity contribution in [1.29, 1.82) is 0 Å². The van der Waals surface area contributed by atoms with E-state index in [1.807, 2.05) is 31.1 Å². The molecule has 0 spiro atoms. The van der Waals surface area contributed by atoms with Crippen LogP contribution in [0.3, 0.4) is 0 Å². The molecule has 2 rings (SSSR count). The third-order valence-corrected chi connectivity index (χ3v) is 3.05. The van der Waals surface area contributed by atoms with E-state index in [-0.39, 0.29) is 18.1 Å². The molecule has 21 heavy (non-hydrogen) atoms. The predicted molar refractivity (Wildman–Crippen MR) is 84.5 cm³/mol. The zero-order valence-corrected chi connectivity index (χ0v) is 13.0. The van der Waals surface area contributed by atoms with Crippen LogP contribution in [0.5, 0.6) is 5.75 Å². The summed E-state index contributed by atoms with van der Waals surface area (Å²) in [6, 6.07) is 6.91. The number of fused-ring (bicyclic) bond motifs is 1. The number of benzene rings is 1. The normalized spacial score (nSPS) is 10.5. The quantitative estimate of drug-likeness (QED) is 0.627. The highest BCUT2D eigenvalue weighted by molar-refractivity contribution is 5.88. The van der Waals surface area contributed by atoms with E-state index in [0.29, 0.717) is 16.7 Å². The molecule has 0 aliphatic rings. The number of nitrogens with zero attached hydrogens (tertiary/aromatic N) is 3. The van der Waals surface area contributed by atoms with E-state index in [9.17, 15) is 10.1 Å². The average Bonchev–Trinajstić information content (AvgIpc) is 2.43. The van der Waals surface area contributed by atoms with Gasteiger partial charge in [0.05, 0.1) is 18.1 Å². The van der Waals surface area contributed by atoms with Crippen LogP contribution in [-0.4, -0.2) is 42.6 Å². The molecule has 0 fully saturated rings. The maximum absolute atomic E-state index is 11.2. The Bertz CT molecular complexity index is 647. The molecule has 0 bridgehead atoms. The third kappa shape index (κ3) is 4.03. The minimum Gasteiger partial charge on any atom is -0.496 e. The molecule has 114 valence electrons. The number of pyridine rings is 1. The van der Waals surface area contributed by atoms with Crippen LogP contribution < -0.4 is 4.74 Å². The van der Waals surface area contributed by atoms with Gasteiger partial charge >= 0.3 is 0 Å². The van der Waals surface area contributed by atoms with Gasteiger partial charge in [-0.25, -0.2) is 4.98 Å². The smallest absolute Gasteiger partial charge is 0.299 e. The van der Waals surface area contributed by atoms with Gasteiger partial charge in [0.25, 0.3) is 5.69 Å². The van der Waals surface area contributed by atoms with Gasteiger partial charge in [0, 0.05) is 24.0 Å². The summed E-state index contributed by atoms with van der Waals surface area (Å²) in [4.78, 5) is 17.2. The Morgan fingerprint density at radius 1 is 1.33 bits per heavy atom. The summed E-state index contributed by atoms with van der Waals surface area (Å²) in [6.45, 7) is 0.850. The highest BCUT2D eigenvalue weighted by atomic mass is 35.5. The van der Waals surface area contributed by atoms with Crippen LogP contribution in [0.15, 0.2) is 24.3 Å². The number of ether oxygens (including phenoxy) is 1. The lowest BCUT2D eigenvalue weighted by Gasteiger charge is -2.09. The van der Waals surface area contributed by atoms with Gasteiger partial charge in [-0.05, 0) is 26.2 Å². The highest BCUT2D eigenvalue weighted by Crippen LogP contribution is 2.29. The Kier molecular flexibility index (Phi) is 5.87. The average molecular weight is 312 g/mol. The highest BCUT2D eigenvalue weighted by Gasteiger charge is 2.16. The summed E-state index contributed by atoms with van der Waals surface area (Å²) in [5.41, 5.74) is 1.23. The van der Waals surface area contributed by atoms with Crippen molar-refractivity contribution < 1.29 is 9.66 Å². The SMILES string of the molecule is COc1cc([N+](=O)[O-])c2nc(CCN(C)C)ccc2c1.Cl. The minimum atomic E-state index is -0.423. The van der Waals surface area contributed by atoms with E-state index in [1.54, 1.807) is 6.07 Å². The first-order chi connectivity index (χ1) is 9.51. The van der Waals surface area contributed by atoms with Gasteiger partial charge in [-0.2, -0.15) is 0 Å². The molecule has 0 amide bonds. The van der Waals surface area contributed by atoms with Crippen molar-refractivity contribution in [3.8, 4) is 5.75 Å². The molecule has 1 aromatic heterocycles. The summed E-state index contributed by atoms with van der Waals surface area (Å²) in [5, 5.41) is 11.9. The number of hydrogen-bond acceptors (Lipinski definition) is 5. The van der Waals surface area contributed by atoms with Crippen LogP contribution in [0, 0.1) is 10.1 Å². The standard InChI is InChI=1S/C14H17N3O3.ClH/c1-16(2)7-6-11-5-4-10-8-12(20-3)9-13(17(18)19)14(10)15-11;/h4-5,8-9H,6-7H2,1-3H3;1H. The molecular formula is C14H18ClN3O3. The van der Waals surface area contributed by atoms with Gasteiger partial charge in [0.2, 0.25) is 0 Å². The number of non-ortho nitro benzene ring substituents is 1. The number of likely N-dealkylation sites (N-methyl/N-ethyl adjacent to an activating group) is 1. The van der Waals surface area contributed by atoms with Gasteiger partial charge in [-0.3, -0.25) is 10.1 Å². The van der Waals surface area contributed by atoms with Crippen LogP contribution >= 0.6 is 12.4 Å². The summed E-state index contributed by atoms with van der Waals surface area (Å²) in [7, 11) is 5.45. The topological polar surface area (TPSA) is 68.5 Å². The lowest BCUT2D eigenvalue weighted by Crippen LogP contribution is -2.15. The maximum Gasteiger partial charge on any atom is 0.299 e. The molecule has 0 saturated carbocycles. The zero-order valence-electron chi connectivity index (χ0n) is 12.2. The van der Waals surface area contributed by atoms with E-state index in [1.165, 1.54) is 13.2 Å². The van der Waals surface area contributed by atoms with Crippen LogP contribution in [0.1, 0.15) is 5.69 Å². The number of hydrogen-bond donors (Lipinski definition) is 0. The van der Waals surface area contributed by atoms with Crippen molar-refractivity contribution in [3.05, 3.63) is 40.1 Å². The molecule has 1 aromatic carbocycles. The summed E-state index contributed by atoms with van der Waals surface area (Å²) in [6.07, 6.45) is 0.756. The second-order valence-corrected chi connectivity index (χ2v) is 4.83. The van der Waals surface area contributed by atoms with Gasteiger partial charge < -0.3 is 9.64 Å². The lowest BCUT2D eigenvalue weighted by molar-refractivity contribution is -0.383. The molecule has 0 saturated heterocycles. The molecule has 7 heteroatoms. The Hall–Kier alpha value is -1.92. The van der Waals surface area contributed by atoms with Crippen LogP contribution in [0.2, 0.25) is 0 Å². The molecule has 0 aliphatic heterocycles. The zero-order chi connectivity index (χ0) is 14.7. The van der Waals surface area contributed by atoms with E-state index >= 15 is 0 Å². The second kappa shape index (κ2) is 7.19. The lowest BCUT2D eigenvalue weighted by atomic mass is 10.1. The van der Waals surface area contributed by atoms with Crippen LogP contribution in [0.4, 0.5) is 5.69 Å². The Morgan fingerprint density at radius 2 is 2.05 bits per heavy atom. The van der Waals surface area contributed by atoms with Crippen molar-refractivity contribution in [2.24, 2.45) is 0 Å². The number of aromatic nitrogens is 1. The number of halogens is 1. The molecule has 0 unspecified atom stereocenters. The van der Waals surface area contributed by atoms with E-state index < -0.39 is 4.92 Å². The first kappa shape index (κ1) is 17.1. The van der Waals surface area contributed by atoms with Crippen molar-refractivity contribution in [2.75, 3.05) is 27.7 Å². The fourth-order valence-corrected chi connectivity index (χ4v) is 1.96. The summed E-state index contributed by atoms with van der Waals surface area (Å²) >= 11 is 0. The fourth-order valence-electron chi connectivity index (χ4n) is 1.96. The summed E-state index contributed by atoms with van der Waals surface area (Å²) < 4.78 is 5.08. The second-order valence-electron chi connectivity index (χ2n) is 4.83. The van der Waals surface area contributed by atoms with Crippen molar-refractivity contribution >= 4 is 29.0 Å². The molecular weight excluding hydrogens is 294 g/mol. The minimum absolute atomic E-state index is 0. The first-order valence-corrected chi connectivity index (χ1v) is 6.28. The van der Waals surface area contributed by atoms with Crippen molar-refractivity contribution in [1.82, 2.24) is 9.88 Å². The molecule has 0 atom stereocenters. The molecule has 6 nitrogen and oxygen atoms in total. The first-order valence-electron chi connectivity index (χ1n) is 6.28. The van der Waals surface area contributed by atoms with Gasteiger partial charge in [-0.1, -0.05) is 6.07 Å². The van der Waals surface area contributed by atoms with Gasteiger partial charge in [0.1, 0.15) is 11.3 Å². The summed E-state index contributed by atoms with van der Waals surface area (Å²) in [5.74, 6) is 0.465. The maximum atomic E-state index is 11.2. The fraction of sp³-hybridized carbons (Fsp3) is 0.357. The number of nitro benzene ring substituents is 1. The Labute approximate surface area is 129 Å². The number of rotatable bonds is 5. The van der Waals surface area contributed by atoms with Gasteiger partial charge in [-0.15, -0.1) is 12.4 Å². The number of methoxy groups -OCH3 is 1. The Morgan fingerprint density at radius 3 is 2.62 bits per heavy atom. The van der Waals surface area contributed by atoms with Crippen molar-refractivity contribution in [2.45, 2.75) is 6.42 Å². The molecule has 0 aliphatic carbocycles. The van der Waals surface area contributed by atoms with Crippen molar-refractivity contribution in [3.63, 3.8) is 0 Å². The van der Waals surface area contributed by atoms with Crippen LogP contribution in [0.25, 0.3) is 10.9 Å². The van der Waals surface area contributed by atoms with E-state index in [0.717, 1.165) is 18.7 Å². The Balaban J connectivity index is 0.00000220. The van der Waals surface area contributed by atoms with E-state index in [4.69, 9.17) is 4.74 Å². The molecule has 0 radical (unpaired) electrons. The largest absolute Gasteiger partial charge is 0.496 e. The predicted octanol–water partition coefficient (Wildman–Crippen LogP) is 2.68.